The van der Waals surface area contributed by atoms with E-state index in [0.717, 1.165) is 11.3 Å². The van der Waals surface area contributed by atoms with E-state index in [2.05, 4.69) is 15.4 Å². The zero-order valence-corrected chi connectivity index (χ0v) is 8.87. The summed E-state index contributed by atoms with van der Waals surface area (Å²) in [5.74, 6) is 0. The number of aliphatic hydroxyl groups is 1. The Morgan fingerprint density at radius 3 is 3.06 bits per heavy atom. The van der Waals surface area contributed by atoms with Gasteiger partial charge in [-0.25, -0.2) is 0 Å². The quantitative estimate of drug-likeness (QED) is 0.782. The molecule has 0 saturated carbocycles. The van der Waals surface area contributed by atoms with E-state index < -0.39 is 0 Å². The molecule has 0 amide bonds. The number of nitrogens with one attached hydrogen (secondary N) is 1. The molecule has 0 radical (unpaired) electrons. The molecular weight excluding hydrogens is 204 g/mol. The van der Waals surface area contributed by atoms with Crippen LogP contribution in [0.25, 0.3) is 0 Å². The van der Waals surface area contributed by atoms with Crippen LogP contribution in [0.5, 0.6) is 0 Å². The van der Waals surface area contributed by atoms with Crippen molar-refractivity contribution in [2.75, 3.05) is 11.9 Å². The number of anilines is 1. The van der Waals surface area contributed by atoms with E-state index in [0.29, 0.717) is 13.1 Å². The fourth-order valence-corrected chi connectivity index (χ4v) is 1.39. The maximum absolute atomic E-state index is 8.75. The second-order valence-corrected chi connectivity index (χ2v) is 3.43. The number of aromatic nitrogens is 3. The predicted octanol–water partition coefficient (Wildman–Crippen LogP) is 0.882. The topological polar surface area (TPSA) is 63.0 Å². The largest absolute Gasteiger partial charge is 0.394 e. The van der Waals surface area contributed by atoms with Gasteiger partial charge in [0.15, 0.2) is 0 Å². The van der Waals surface area contributed by atoms with Gasteiger partial charge in [0.25, 0.3) is 0 Å². The molecule has 0 aromatic carbocycles. The Hall–Kier alpha value is -1.88. The van der Waals surface area contributed by atoms with Gasteiger partial charge >= 0.3 is 0 Å². The van der Waals surface area contributed by atoms with E-state index in [-0.39, 0.29) is 6.61 Å². The number of pyridine rings is 1. The number of hydrogen-bond acceptors (Lipinski definition) is 4. The highest BCUT2D eigenvalue weighted by molar-refractivity contribution is 5.40. The van der Waals surface area contributed by atoms with Crippen LogP contribution in [0.15, 0.2) is 36.9 Å². The zero-order chi connectivity index (χ0) is 11.2. The van der Waals surface area contributed by atoms with Crippen molar-refractivity contribution in [1.82, 2.24) is 14.8 Å². The maximum atomic E-state index is 8.75. The third-order valence-corrected chi connectivity index (χ3v) is 2.17. The summed E-state index contributed by atoms with van der Waals surface area (Å²) >= 11 is 0. The zero-order valence-electron chi connectivity index (χ0n) is 8.87. The van der Waals surface area contributed by atoms with E-state index in [1.807, 2.05) is 18.3 Å². The molecule has 0 fully saturated rings. The van der Waals surface area contributed by atoms with Crippen molar-refractivity contribution >= 4 is 5.69 Å². The van der Waals surface area contributed by atoms with Crippen molar-refractivity contribution in [2.45, 2.75) is 13.1 Å². The molecule has 2 N–H and O–H groups in total. The summed E-state index contributed by atoms with van der Waals surface area (Å²) < 4.78 is 1.72. The molecule has 2 aromatic heterocycles. The fraction of sp³-hybridized carbons (Fsp3) is 0.273. The average Bonchev–Trinajstić information content (AvgIpc) is 2.76. The Morgan fingerprint density at radius 2 is 2.31 bits per heavy atom. The van der Waals surface area contributed by atoms with E-state index in [4.69, 9.17) is 5.11 Å². The minimum Gasteiger partial charge on any atom is -0.394 e. The lowest BCUT2D eigenvalue weighted by molar-refractivity contribution is 0.269. The third-order valence-electron chi connectivity index (χ3n) is 2.17. The second-order valence-electron chi connectivity index (χ2n) is 3.43. The lowest BCUT2D eigenvalue weighted by Crippen LogP contribution is -2.02. The smallest absolute Gasteiger partial charge is 0.0640 e. The SMILES string of the molecule is OCCn1cc(CNc2cccnc2)cn1. The predicted molar refractivity (Wildman–Crippen MR) is 60.9 cm³/mol. The fourth-order valence-electron chi connectivity index (χ4n) is 1.39. The highest BCUT2D eigenvalue weighted by Gasteiger charge is 1.98. The Bertz CT molecular complexity index is 427. The molecule has 0 saturated heterocycles. The summed E-state index contributed by atoms with van der Waals surface area (Å²) in [6.45, 7) is 1.35. The molecule has 0 bridgehead atoms. The third kappa shape index (κ3) is 2.80. The normalized spacial score (nSPS) is 10.3. The van der Waals surface area contributed by atoms with Gasteiger partial charge in [0.1, 0.15) is 0 Å². The first-order valence-electron chi connectivity index (χ1n) is 5.14. The van der Waals surface area contributed by atoms with Gasteiger partial charge < -0.3 is 10.4 Å². The van der Waals surface area contributed by atoms with Crippen molar-refractivity contribution in [1.29, 1.82) is 0 Å². The van der Waals surface area contributed by atoms with Crippen LogP contribution >= 0.6 is 0 Å². The summed E-state index contributed by atoms with van der Waals surface area (Å²) in [5.41, 5.74) is 2.06. The highest BCUT2D eigenvalue weighted by atomic mass is 16.3. The molecule has 0 unspecified atom stereocenters. The molecule has 2 rings (SSSR count). The van der Waals surface area contributed by atoms with E-state index in [1.165, 1.54) is 0 Å². The summed E-state index contributed by atoms with van der Waals surface area (Å²) in [5, 5.41) is 16.1. The molecular formula is C11H14N4O. The van der Waals surface area contributed by atoms with Crippen LogP contribution in [0.4, 0.5) is 5.69 Å². The van der Waals surface area contributed by atoms with Crippen LogP contribution in [0, 0.1) is 0 Å². The molecule has 0 aliphatic carbocycles. The number of nitrogens with zero attached hydrogens (tertiary/aromatic N) is 3. The number of hydrogen-bond donors (Lipinski definition) is 2. The Labute approximate surface area is 93.8 Å². The maximum Gasteiger partial charge on any atom is 0.0640 e. The first-order chi connectivity index (χ1) is 7.88. The van der Waals surface area contributed by atoms with Crippen LogP contribution < -0.4 is 5.32 Å². The Balaban J connectivity index is 1.89. The molecule has 84 valence electrons. The molecule has 0 aliphatic rings. The van der Waals surface area contributed by atoms with Crippen LogP contribution in [0.3, 0.4) is 0 Å². The van der Waals surface area contributed by atoms with Crippen LogP contribution in [-0.2, 0) is 13.1 Å². The second kappa shape index (κ2) is 5.27. The van der Waals surface area contributed by atoms with E-state index in [9.17, 15) is 0 Å². The van der Waals surface area contributed by atoms with Gasteiger partial charge in [-0.05, 0) is 12.1 Å². The molecule has 0 spiro atoms. The van der Waals surface area contributed by atoms with Crippen molar-refractivity contribution in [3.05, 3.63) is 42.5 Å². The van der Waals surface area contributed by atoms with Crippen molar-refractivity contribution in [2.24, 2.45) is 0 Å². The average molecular weight is 218 g/mol. The number of rotatable bonds is 5. The Kier molecular flexibility index (Phi) is 3.50. The molecule has 5 heteroatoms. The molecule has 5 nitrogen and oxygen atoms in total. The first-order valence-corrected chi connectivity index (χ1v) is 5.14. The highest BCUT2D eigenvalue weighted by Crippen LogP contribution is 2.06. The van der Waals surface area contributed by atoms with Crippen molar-refractivity contribution < 1.29 is 5.11 Å². The molecule has 0 aliphatic heterocycles. The van der Waals surface area contributed by atoms with Gasteiger partial charge in [-0.3, -0.25) is 9.67 Å². The van der Waals surface area contributed by atoms with Gasteiger partial charge in [-0.2, -0.15) is 5.10 Å². The lowest BCUT2D eigenvalue weighted by atomic mass is 10.3. The van der Waals surface area contributed by atoms with Crippen LogP contribution in [0.2, 0.25) is 0 Å². The van der Waals surface area contributed by atoms with Crippen molar-refractivity contribution in [3.8, 4) is 0 Å². The minimum atomic E-state index is 0.108. The Morgan fingerprint density at radius 1 is 1.38 bits per heavy atom. The molecule has 2 aromatic rings. The van der Waals surface area contributed by atoms with E-state index >= 15 is 0 Å². The van der Waals surface area contributed by atoms with Gasteiger partial charge in [-0.1, -0.05) is 0 Å². The summed E-state index contributed by atoms with van der Waals surface area (Å²) in [4.78, 5) is 4.02. The van der Waals surface area contributed by atoms with Crippen LogP contribution in [0.1, 0.15) is 5.56 Å². The summed E-state index contributed by atoms with van der Waals surface area (Å²) in [6, 6.07) is 3.85. The van der Waals surface area contributed by atoms with Crippen molar-refractivity contribution in [3.63, 3.8) is 0 Å². The lowest BCUT2D eigenvalue weighted by Gasteiger charge is -2.02. The monoisotopic (exact) mass is 218 g/mol. The standard InChI is InChI=1S/C11H14N4O/c16-5-4-15-9-10(7-14-15)6-13-11-2-1-3-12-8-11/h1-3,7-9,13,16H,4-6H2. The molecule has 16 heavy (non-hydrogen) atoms. The van der Waals surface area contributed by atoms with E-state index in [1.54, 1.807) is 23.3 Å². The minimum absolute atomic E-state index is 0.108. The first kappa shape index (κ1) is 10.6. The molecule has 0 atom stereocenters. The summed E-state index contributed by atoms with van der Waals surface area (Å²) in [6.07, 6.45) is 7.22. The van der Waals surface area contributed by atoms with Gasteiger partial charge in [-0.15, -0.1) is 0 Å². The van der Waals surface area contributed by atoms with Gasteiger partial charge in [0.2, 0.25) is 0 Å². The summed E-state index contributed by atoms with van der Waals surface area (Å²) in [7, 11) is 0. The molecule has 2 heterocycles. The van der Waals surface area contributed by atoms with Gasteiger partial charge in [0, 0.05) is 30.7 Å². The van der Waals surface area contributed by atoms with Gasteiger partial charge in [0.05, 0.1) is 25.0 Å². The number of aliphatic hydroxyl groups excluding tert-OH is 1. The van der Waals surface area contributed by atoms with Crippen LogP contribution in [-0.4, -0.2) is 26.5 Å².